The summed E-state index contributed by atoms with van der Waals surface area (Å²) in [4.78, 5) is 37.8. The smallest absolute Gasteiger partial charge is 0.306 e. The molecule has 0 aliphatic carbocycles. The van der Waals surface area contributed by atoms with E-state index in [1.54, 1.807) is 0 Å². The summed E-state index contributed by atoms with van der Waals surface area (Å²) in [6.45, 7) is 6.20. The van der Waals surface area contributed by atoms with Gasteiger partial charge in [0.25, 0.3) is 0 Å². The first-order valence-corrected chi connectivity index (χ1v) is 23.8. The zero-order chi connectivity index (χ0) is 44.4. The zero-order valence-electron chi connectivity index (χ0n) is 38.6. The average Bonchev–Trinajstić information content (AvgIpc) is 3.26. The highest BCUT2D eigenvalue weighted by atomic mass is 16.6. The second-order valence-corrected chi connectivity index (χ2v) is 15.1. The molecule has 6 nitrogen and oxygen atoms in total. The highest BCUT2D eigenvalue weighted by molar-refractivity contribution is 5.71. The molecule has 0 N–H and O–H groups in total. The van der Waals surface area contributed by atoms with E-state index in [0.717, 1.165) is 77.0 Å². The predicted octanol–water partition coefficient (Wildman–Crippen LogP) is 15.5. The third kappa shape index (κ3) is 46.5. The van der Waals surface area contributed by atoms with E-state index < -0.39 is 6.10 Å². The Kier molecular flexibility index (Phi) is 44.7. The quantitative estimate of drug-likeness (QED) is 0.0201. The largest absolute Gasteiger partial charge is 0.462 e. The van der Waals surface area contributed by atoms with Gasteiger partial charge in [-0.15, -0.1) is 0 Å². The van der Waals surface area contributed by atoms with Crippen LogP contribution in [0.3, 0.4) is 0 Å². The first kappa shape index (κ1) is 56.5. The lowest BCUT2D eigenvalue weighted by atomic mass is 10.1. The van der Waals surface area contributed by atoms with Gasteiger partial charge in [0.15, 0.2) is 6.10 Å². The summed E-state index contributed by atoms with van der Waals surface area (Å²) in [5.41, 5.74) is 0. The molecule has 0 saturated carbocycles. The number of unbranched alkanes of at least 4 members (excludes halogenated alkanes) is 13. The van der Waals surface area contributed by atoms with Gasteiger partial charge in [-0.1, -0.05) is 199 Å². The van der Waals surface area contributed by atoms with Crippen molar-refractivity contribution in [2.24, 2.45) is 0 Å². The molecule has 0 aromatic rings. The van der Waals surface area contributed by atoms with Crippen LogP contribution in [0, 0.1) is 0 Å². The second kappa shape index (κ2) is 48.2. The second-order valence-electron chi connectivity index (χ2n) is 15.1. The fourth-order valence-corrected chi connectivity index (χ4v) is 5.77. The van der Waals surface area contributed by atoms with Crippen LogP contribution in [0.25, 0.3) is 0 Å². The molecule has 0 rings (SSSR count). The molecule has 0 heterocycles. The van der Waals surface area contributed by atoms with Crippen LogP contribution in [0.2, 0.25) is 0 Å². The average molecular weight is 841 g/mol. The van der Waals surface area contributed by atoms with Crippen LogP contribution >= 0.6 is 0 Å². The Morgan fingerprint density at radius 1 is 0.361 bits per heavy atom. The SMILES string of the molecule is CC/C=C/C=C/C=C/C=C/CCCCCC(=O)OCC(COC(=O)CCC/C=C/C/C=C/C/C=C/CCCCCCCC)OC(=O)CCCCC/C=C/C=C/C=C/C=C/CC. The van der Waals surface area contributed by atoms with Crippen LogP contribution in [-0.2, 0) is 28.6 Å². The van der Waals surface area contributed by atoms with Crippen LogP contribution in [0.15, 0.2) is 134 Å². The summed E-state index contributed by atoms with van der Waals surface area (Å²) in [5.74, 6) is -1.08. The molecule has 0 aromatic carbocycles. The Morgan fingerprint density at radius 3 is 1.21 bits per heavy atom. The van der Waals surface area contributed by atoms with Crippen molar-refractivity contribution in [3.63, 3.8) is 0 Å². The fourth-order valence-electron chi connectivity index (χ4n) is 5.77. The van der Waals surface area contributed by atoms with E-state index in [1.165, 1.54) is 44.9 Å². The Bertz CT molecular complexity index is 1380. The van der Waals surface area contributed by atoms with Gasteiger partial charge >= 0.3 is 17.9 Å². The molecule has 0 spiro atoms. The molecule has 0 saturated heterocycles. The van der Waals surface area contributed by atoms with Crippen molar-refractivity contribution < 1.29 is 28.6 Å². The standard InChI is InChI=1S/C55H84O6/c1-4-7-10-13-16-19-22-25-26-27-28-31-33-36-39-42-45-48-54(57)60-51-52(61-55(58)49-46-43-40-37-34-30-24-21-18-15-12-9-6-3)50-59-53(56)47-44-41-38-35-32-29-23-20-17-14-11-8-5-2/h8-9,11-12,14-15,17-18,20-21,23-26,28-32,34,36,39,52H,4-7,10,13,16,19,22,27,33,35,37-38,40-51H2,1-3H3/b11-8+,12-9+,17-14+,18-15+,23-20+,24-21+,26-25+,31-28+,32-29+,34-30+,39-36+. The molecular weight excluding hydrogens is 757 g/mol. The molecule has 0 radical (unpaired) electrons. The maximum absolute atomic E-state index is 12.7. The summed E-state index contributed by atoms with van der Waals surface area (Å²) < 4.78 is 16.6. The van der Waals surface area contributed by atoms with Crippen molar-refractivity contribution >= 4 is 17.9 Å². The number of ether oxygens (including phenoxy) is 3. The monoisotopic (exact) mass is 841 g/mol. The van der Waals surface area contributed by atoms with Gasteiger partial charge in [0.05, 0.1) is 0 Å². The summed E-state index contributed by atoms with van der Waals surface area (Å²) in [6, 6.07) is 0. The van der Waals surface area contributed by atoms with E-state index in [9.17, 15) is 14.4 Å². The minimum Gasteiger partial charge on any atom is -0.462 e. The van der Waals surface area contributed by atoms with Crippen molar-refractivity contribution in [2.75, 3.05) is 13.2 Å². The number of hydrogen-bond acceptors (Lipinski definition) is 6. The normalized spacial score (nSPS) is 13.3. The van der Waals surface area contributed by atoms with Gasteiger partial charge in [0.2, 0.25) is 0 Å². The topological polar surface area (TPSA) is 78.9 Å². The van der Waals surface area contributed by atoms with E-state index in [1.807, 2.05) is 72.9 Å². The Labute approximate surface area is 373 Å². The molecule has 340 valence electrons. The molecule has 0 fully saturated rings. The fraction of sp³-hybridized carbons (Fsp3) is 0.545. The summed E-state index contributed by atoms with van der Waals surface area (Å²) in [6.07, 6.45) is 67.3. The summed E-state index contributed by atoms with van der Waals surface area (Å²) >= 11 is 0. The molecule has 0 aromatic heterocycles. The van der Waals surface area contributed by atoms with Gasteiger partial charge in [-0.05, 0) is 89.9 Å². The van der Waals surface area contributed by atoms with E-state index >= 15 is 0 Å². The number of carbonyl (C=O) groups excluding carboxylic acids is 3. The maximum atomic E-state index is 12.7. The van der Waals surface area contributed by atoms with Crippen molar-refractivity contribution in [1.29, 1.82) is 0 Å². The Hall–Kier alpha value is -4.45. The van der Waals surface area contributed by atoms with Crippen molar-refractivity contribution in [3.05, 3.63) is 134 Å². The van der Waals surface area contributed by atoms with E-state index in [2.05, 4.69) is 81.5 Å². The minimum atomic E-state index is -0.839. The highest BCUT2D eigenvalue weighted by Crippen LogP contribution is 2.11. The number of hydrogen-bond donors (Lipinski definition) is 0. The van der Waals surface area contributed by atoms with Gasteiger partial charge < -0.3 is 14.2 Å². The molecule has 61 heavy (non-hydrogen) atoms. The zero-order valence-corrected chi connectivity index (χ0v) is 38.6. The molecule has 0 aliphatic rings. The van der Waals surface area contributed by atoms with Crippen molar-refractivity contribution in [2.45, 2.75) is 181 Å². The predicted molar refractivity (Wildman–Crippen MR) is 260 cm³/mol. The van der Waals surface area contributed by atoms with Crippen LogP contribution in [0.5, 0.6) is 0 Å². The van der Waals surface area contributed by atoms with E-state index in [4.69, 9.17) is 14.2 Å². The first-order valence-electron chi connectivity index (χ1n) is 23.8. The lowest BCUT2D eigenvalue weighted by Gasteiger charge is -2.18. The highest BCUT2D eigenvalue weighted by Gasteiger charge is 2.19. The Balaban J connectivity index is 4.61. The van der Waals surface area contributed by atoms with Crippen LogP contribution in [0.4, 0.5) is 0 Å². The third-order valence-electron chi connectivity index (χ3n) is 9.31. The molecule has 1 unspecified atom stereocenters. The van der Waals surface area contributed by atoms with Gasteiger partial charge in [-0.25, -0.2) is 0 Å². The lowest BCUT2D eigenvalue weighted by molar-refractivity contribution is -0.167. The molecular formula is C55H84O6. The number of rotatable bonds is 40. The van der Waals surface area contributed by atoms with Gasteiger partial charge in [-0.3, -0.25) is 14.4 Å². The molecule has 6 heteroatoms. The van der Waals surface area contributed by atoms with Gasteiger partial charge in [0, 0.05) is 19.3 Å². The van der Waals surface area contributed by atoms with Crippen LogP contribution in [-0.4, -0.2) is 37.2 Å². The number of allylic oxidation sites excluding steroid dienone is 22. The molecule has 0 aliphatic heterocycles. The maximum Gasteiger partial charge on any atom is 0.306 e. The van der Waals surface area contributed by atoms with Gasteiger partial charge in [0.1, 0.15) is 13.2 Å². The Morgan fingerprint density at radius 2 is 0.721 bits per heavy atom. The first-order chi connectivity index (χ1) is 30.0. The van der Waals surface area contributed by atoms with E-state index in [0.29, 0.717) is 12.8 Å². The van der Waals surface area contributed by atoms with Crippen LogP contribution in [0.1, 0.15) is 175 Å². The van der Waals surface area contributed by atoms with Crippen molar-refractivity contribution in [1.82, 2.24) is 0 Å². The lowest BCUT2D eigenvalue weighted by Crippen LogP contribution is -2.30. The number of esters is 3. The minimum absolute atomic E-state index is 0.136. The van der Waals surface area contributed by atoms with Crippen molar-refractivity contribution in [3.8, 4) is 0 Å². The summed E-state index contributed by atoms with van der Waals surface area (Å²) in [5, 5.41) is 0. The van der Waals surface area contributed by atoms with Crippen LogP contribution < -0.4 is 0 Å². The molecule has 1 atom stereocenters. The molecule has 0 amide bonds. The van der Waals surface area contributed by atoms with E-state index in [-0.39, 0.29) is 50.4 Å². The molecule has 0 bridgehead atoms. The third-order valence-corrected chi connectivity index (χ3v) is 9.31. The number of carbonyl (C=O) groups is 3. The summed E-state index contributed by atoms with van der Waals surface area (Å²) in [7, 11) is 0. The van der Waals surface area contributed by atoms with Gasteiger partial charge in [-0.2, -0.15) is 0 Å².